The van der Waals surface area contributed by atoms with Gasteiger partial charge in [0.05, 0.1) is 0 Å². The molecule has 2 N–H and O–H groups in total. The third-order valence-electron chi connectivity index (χ3n) is 3.66. The van der Waals surface area contributed by atoms with Crippen LogP contribution < -0.4 is 10.6 Å². The molecular weight excluding hydrogens is 284 g/mol. The second-order valence-corrected chi connectivity index (χ2v) is 7.42. The summed E-state index contributed by atoms with van der Waals surface area (Å²) in [5, 5.41) is 7.04. The molecule has 0 aliphatic rings. The lowest BCUT2D eigenvalue weighted by Crippen LogP contribution is -2.43. The van der Waals surface area contributed by atoms with Crippen molar-refractivity contribution < 1.29 is 9.59 Å². The van der Waals surface area contributed by atoms with Gasteiger partial charge in [0, 0.05) is 23.4 Å². The highest BCUT2D eigenvalue weighted by atomic mass is 32.1. The van der Waals surface area contributed by atoms with Crippen molar-refractivity contribution in [1.82, 2.24) is 10.6 Å². The minimum Gasteiger partial charge on any atom is -0.363 e. The van der Waals surface area contributed by atoms with Gasteiger partial charge in [0.15, 0.2) is 5.11 Å². The molecule has 0 radical (unpaired) electrons. The highest BCUT2D eigenvalue weighted by Gasteiger charge is 2.19. The van der Waals surface area contributed by atoms with Crippen LogP contribution in [0.4, 0.5) is 0 Å². The number of hydrogen-bond donors (Lipinski definition) is 2. The molecule has 122 valence electrons. The van der Waals surface area contributed by atoms with E-state index in [2.05, 4.69) is 17.6 Å². The molecule has 0 rings (SSSR count). The normalized spacial score (nSPS) is 13.4. The Kier molecular flexibility index (Phi) is 8.71. The molecule has 0 saturated carbocycles. The third-order valence-corrected chi connectivity index (χ3v) is 3.92. The summed E-state index contributed by atoms with van der Waals surface area (Å²) in [7, 11) is 0. The maximum Gasteiger partial charge on any atom is 0.166 e. The van der Waals surface area contributed by atoms with Crippen molar-refractivity contribution in [3.05, 3.63) is 0 Å². The maximum absolute atomic E-state index is 10.9. The van der Waals surface area contributed by atoms with Gasteiger partial charge in [0.1, 0.15) is 12.6 Å². The Labute approximate surface area is 134 Å². The maximum atomic E-state index is 10.9. The smallest absolute Gasteiger partial charge is 0.166 e. The number of aldehydes is 2. The predicted molar refractivity (Wildman–Crippen MR) is 91.4 cm³/mol. The molecule has 0 aromatic carbocycles. The molecule has 0 heterocycles. The van der Waals surface area contributed by atoms with Gasteiger partial charge in [-0.3, -0.25) is 0 Å². The van der Waals surface area contributed by atoms with Crippen molar-refractivity contribution in [2.24, 2.45) is 10.8 Å². The van der Waals surface area contributed by atoms with Gasteiger partial charge in [-0.2, -0.15) is 0 Å². The summed E-state index contributed by atoms with van der Waals surface area (Å²) in [5.74, 6) is 0. The van der Waals surface area contributed by atoms with Crippen molar-refractivity contribution >= 4 is 29.9 Å². The summed E-state index contributed by atoms with van der Waals surface area (Å²) < 4.78 is 0. The van der Waals surface area contributed by atoms with E-state index >= 15 is 0 Å². The van der Waals surface area contributed by atoms with E-state index in [1.807, 2.05) is 27.7 Å². The lowest BCUT2D eigenvalue weighted by atomic mass is 9.87. The average molecular weight is 314 g/mol. The Bertz CT molecular complexity index is 354. The molecule has 0 bridgehead atoms. The Hall–Kier alpha value is -0.970. The van der Waals surface area contributed by atoms with Crippen LogP contribution in [0, 0.1) is 10.8 Å². The minimum absolute atomic E-state index is 0.267. The molecule has 4 nitrogen and oxygen atoms in total. The van der Waals surface area contributed by atoms with Gasteiger partial charge < -0.3 is 20.2 Å². The summed E-state index contributed by atoms with van der Waals surface area (Å²) in [6.45, 7) is 10.5. The molecule has 1 atom stereocenters. The van der Waals surface area contributed by atoms with Crippen molar-refractivity contribution in [3.63, 3.8) is 0 Å². The van der Waals surface area contributed by atoms with Gasteiger partial charge in [-0.1, -0.05) is 34.6 Å². The van der Waals surface area contributed by atoms with Crippen molar-refractivity contribution in [1.29, 1.82) is 0 Å². The summed E-state index contributed by atoms with van der Waals surface area (Å²) in [5.41, 5.74) is -0.598. The molecule has 21 heavy (non-hydrogen) atoms. The first kappa shape index (κ1) is 20.0. The average Bonchev–Trinajstić information content (AvgIpc) is 2.43. The predicted octanol–water partition coefficient (Wildman–Crippen LogP) is 2.85. The number of hydrogen-bond acceptors (Lipinski definition) is 3. The van der Waals surface area contributed by atoms with E-state index in [9.17, 15) is 9.59 Å². The lowest BCUT2D eigenvalue weighted by molar-refractivity contribution is -0.115. The first-order chi connectivity index (χ1) is 9.65. The van der Waals surface area contributed by atoms with Crippen LogP contribution in [0.25, 0.3) is 0 Å². The zero-order chi connectivity index (χ0) is 16.5. The van der Waals surface area contributed by atoms with Crippen molar-refractivity contribution in [2.75, 3.05) is 6.54 Å². The zero-order valence-corrected chi connectivity index (χ0v) is 14.8. The van der Waals surface area contributed by atoms with Crippen molar-refractivity contribution in [2.45, 2.75) is 66.3 Å². The monoisotopic (exact) mass is 314 g/mol. The Morgan fingerprint density at radius 3 is 2.10 bits per heavy atom. The molecule has 0 aromatic heterocycles. The standard InChI is InChI=1S/C16H30N2O2S/c1-6-13(7-8-15(2,3)11-19)18-14(21)17-10-9-16(4,5)12-20/h11-13H,6-10H2,1-5H3,(H2,17,18,21). The second kappa shape index (κ2) is 9.13. The summed E-state index contributed by atoms with van der Waals surface area (Å²) in [6, 6.07) is 0.267. The number of thiocarbonyl (C=S) groups is 1. The first-order valence-electron chi connectivity index (χ1n) is 7.63. The molecule has 5 heteroatoms. The molecule has 1 unspecified atom stereocenters. The van der Waals surface area contributed by atoms with Crippen molar-refractivity contribution in [3.8, 4) is 0 Å². The Morgan fingerprint density at radius 2 is 1.62 bits per heavy atom. The highest BCUT2D eigenvalue weighted by Crippen LogP contribution is 2.20. The molecule has 0 spiro atoms. The van der Waals surface area contributed by atoms with Crippen LogP contribution in [-0.4, -0.2) is 30.3 Å². The fraction of sp³-hybridized carbons (Fsp3) is 0.812. The summed E-state index contributed by atoms with van der Waals surface area (Å²) in [4.78, 5) is 21.8. The zero-order valence-electron chi connectivity index (χ0n) is 14.0. The van der Waals surface area contributed by atoms with E-state index in [-0.39, 0.29) is 16.9 Å². The SMILES string of the molecule is CCC(CCC(C)(C)C=O)NC(=S)NCCC(C)(C)C=O. The minimum atomic E-state index is -0.319. The van der Waals surface area contributed by atoms with E-state index < -0.39 is 0 Å². The Morgan fingerprint density at radius 1 is 1.10 bits per heavy atom. The van der Waals surface area contributed by atoms with Gasteiger partial charge in [-0.25, -0.2) is 0 Å². The topological polar surface area (TPSA) is 58.2 Å². The van der Waals surface area contributed by atoms with Gasteiger partial charge in [0.25, 0.3) is 0 Å². The Balaban J connectivity index is 4.10. The quantitative estimate of drug-likeness (QED) is 0.480. The number of nitrogens with one attached hydrogen (secondary N) is 2. The van der Waals surface area contributed by atoms with Crippen LogP contribution >= 0.6 is 12.2 Å². The van der Waals surface area contributed by atoms with Crippen LogP contribution in [0.3, 0.4) is 0 Å². The van der Waals surface area contributed by atoms with Gasteiger partial charge >= 0.3 is 0 Å². The largest absolute Gasteiger partial charge is 0.363 e. The molecule has 0 aliphatic carbocycles. The number of carbonyl (C=O) groups excluding carboxylic acids is 2. The van der Waals surface area contributed by atoms with Gasteiger partial charge in [0.2, 0.25) is 0 Å². The molecule has 0 saturated heterocycles. The molecule has 0 aliphatic heterocycles. The molecule has 0 aromatic rings. The first-order valence-corrected chi connectivity index (χ1v) is 8.03. The molecule has 0 amide bonds. The van der Waals surface area contributed by atoms with E-state index in [0.29, 0.717) is 11.7 Å². The second-order valence-electron chi connectivity index (χ2n) is 7.01. The van der Waals surface area contributed by atoms with E-state index in [4.69, 9.17) is 12.2 Å². The number of carbonyl (C=O) groups is 2. The molecular formula is C16H30N2O2S. The van der Waals surface area contributed by atoms with Gasteiger partial charge in [-0.15, -0.1) is 0 Å². The fourth-order valence-corrected chi connectivity index (χ4v) is 2.05. The number of rotatable bonds is 10. The molecule has 0 fully saturated rings. The summed E-state index contributed by atoms with van der Waals surface area (Å²) in [6.07, 6.45) is 5.43. The van der Waals surface area contributed by atoms with Crippen LogP contribution in [0.1, 0.15) is 60.3 Å². The van der Waals surface area contributed by atoms with E-state index in [0.717, 1.165) is 38.3 Å². The summed E-state index contributed by atoms with van der Waals surface area (Å²) >= 11 is 5.28. The third kappa shape index (κ3) is 9.56. The van der Waals surface area contributed by atoms with E-state index in [1.54, 1.807) is 0 Å². The van der Waals surface area contributed by atoms with Crippen LogP contribution in [0.15, 0.2) is 0 Å². The fourth-order valence-electron chi connectivity index (χ4n) is 1.78. The van der Waals surface area contributed by atoms with Crippen LogP contribution in [0.5, 0.6) is 0 Å². The van der Waals surface area contributed by atoms with Gasteiger partial charge in [-0.05, 0) is 37.9 Å². The van der Waals surface area contributed by atoms with E-state index in [1.165, 1.54) is 0 Å². The van der Waals surface area contributed by atoms with Crippen LogP contribution in [0.2, 0.25) is 0 Å². The van der Waals surface area contributed by atoms with Crippen LogP contribution in [-0.2, 0) is 9.59 Å². The lowest BCUT2D eigenvalue weighted by Gasteiger charge is -2.24. The highest BCUT2D eigenvalue weighted by molar-refractivity contribution is 7.80.